The first-order valence-corrected chi connectivity index (χ1v) is 9.70. The van der Waals surface area contributed by atoms with Gasteiger partial charge < -0.3 is 19.0 Å². The quantitative estimate of drug-likeness (QED) is 0.683. The molecule has 2 aromatic carbocycles. The van der Waals surface area contributed by atoms with Crippen LogP contribution in [-0.2, 0) is 4.74 Å². The molecule has 0 bridgehead atoms. The average molecular weight is 392 g/mol. The van der Waals surface area contributed by atoms with Gasteiger partial charge in [-0.05, 0) is 31.8 Å². The lowest BCUT2D eigenvalue weighted by Gasteiger charge is -2.42. The highest BCUT2D eigenvalue weighted by Gasteiger charge is 2.37. The predicted octanol–water partition coefficient (Wildman–Crippen LogP) is 2.94. The molecule has 150 valence electrons. The van der Waals surface area contributed by atoms with Crippen molar-refractivity contribution in [3.05, 3.63) is 82.2 Å². The van der Waals surface area contributed by atoms with Gasteiger partial charge in [0, 0.05) is 19.2 Å². The number of benzene rings is 2. The Bertz CT molecular complexity index is 1060. The highest BCUT2D eigenvalue weighted by atomic mass is 16.5. The zero-order chi connectivity index (χ0) is 20.4. The van der Waals surface area contributed by atoms with Gasteiger partial charge in [-0.3, -0.25) is 9.59 Å². The number of carbonyl (C=O) groups is 1. The van der Waals surface area contributed by atoms with Crippen molar-refractivity contribution in [1.29, 1.82) is 0 Å². The maximum atomic E-state index is 13.4. The molecule has 29 heavy (non-hydrogen) atoms. The number of nitrogens with zero attached hydrogens (tertiary/aromatic N) is 2. The summed E-state index contributed by atoms with van der Waals surface area (Å²) in [6.07, 6.45) is -0.183. The number of hydrogen-bond donors (Lipinski definition) is 0. The molecule has 0 unspecified atom stereocenters. The van der Waals surface area contributed by atoms with E-state index in [1.54, 1.807) is 29.2 Å². The van der Waals surface area contributed by atoms with E-state index < -0.39 is 0 Å². The summed E-state index contributed by atoms with van der Waals surface area (Å²) in [6.45, 7) is 1.54. The minimum Gasteiger partial charge on any atom is -0.451 e. The molecule has 4 rings (SSSR count). The Kier molecular flexibility index (Phi) is 5.47. The molecule has 2 atom stereocenters. The SMILES string of the molecule is CN(C)C[C@@H]1OCCN(C(=O)c2cc(=O)c3ccccc3o2)[C@H]1c1ccccc1. The van der Waals surface area contributed by atoms with Gasteiger partial charge in [0.25, 0.3) is 5.91 Å². The minimum absolute atomic E-state index is 0.0557. The summed E-state index contributed by atoms with van der Waals surface area (Å²) in [6, 6.07) is 17.8. The van der Waals surface area contributed by atoms with Crippen LogP contribution in [0.3, 0.4) is 0 Å². The van der Waals surface area contributed by atoms with Crippen LogP contribution >= 0.6 is 0 Å². The molecule has 1 aliphatic rings. The van der Waals surface area contributed by atoms with Gasteiger partial charge in [0.15, 0.2) is 11.2 Å². The van der Waals surface area contributed by atoms with Crippen LogP contribution < -0.4 is 5.43 Å². The largest absolute Gasteiger partial charge is 0.451 e. The Labute approximate surface area is 169 Å². The van der Waals surface area contributed by atoms with Crippen LogP contribution in [0.25, 0.3) is 11.0 Å². The number of para-hydroxylation sites is 1. The zero-order valence-corrected chi connectivity index (χ0v) is 16.6. The van der Waals surface area contributed by atoms with E-state index >= 15 is 0 Å². The third-order valence-electron chi connectivity index (χ3n) is 5.14. The van der Waals surface area contributed by atoms with Crippen LogP contribution in [0.4, 0.5) is 0 Å². The number of rotatable bonds is 4. The van der Waals surface area contributed by atoms with Crippen molar-refractivity contribution in [1.82, 2.24) is 9.80 Å². The summed E-state index contributed by atoms with van der Waals surface area (Å²) in [7, 11) is 3.96. The van der Waals surface area contributed by atoms with E-state index in [9.17, 15) is 9.59 Å². The molecular weight excluding hydrogens is 368 g/mol. The van der Waals surface area contributed by atoms with Crippen molar-refractivity contribution in [3.63, 3.8) is 0 Å². The first-order chi connectivity index (χ1) is 14.0. The van der Waals surface area contributed by atoms with Gasteiger partial charge in [0.1, 0.15) is 5.58 Å². The summed E-state index contributed by atoms with van der Waals surface area (Å²) in [5, 5.41) is 0.469. The van der Waals surface area contributed by atoms with Gasteiger partial charge in [-0.15, -0.1) is 0 Å². The van der Waals surface area contributed by atoms with Gasteiger partial charge in [-0.2, -0.15) is 0 Å². The molecule has 3 aromatic rings. The lowest BCUT2D eigenvalue weighted by atomic mass is 9.97. The summed E-state index contributed by atoms with van der Waals surface area (Å²) in [4.78, 5) is 29.7. The van der Waals surface area contributed by atoms with E-state index in [2.05, 4.69) is 0 Å². The van der Waals surface area contributed by atoms with E-state index in [-0.39, 0.29) is 29.2 Å². The highest BCUT2D eigenvalue weighted by Crippen LogP contribution is 2.31. The summed E-state index contributed by atoms with van der Waals surface area (Å²) >= 11 is 0. The molecule has 0 radical (unpaired) electrons. The first kappa shape index (κ1) is 19.4. The fourth-order valence-electron chi connectivity index (χ4n) is 3.87. The molecule has 0 N–H and O–H groups in total. The standard InChI is InChI=1S/C23H24N2O4/c1-24(2)15-21-22(16-8-4-3-5-9-16)25(12-13-28-21)23(27)20-14-18(26)17-10-6-7-11-19(17)29-20/h3-11,14,21-22H,12-13,15H2,1-2H3/t21-,22-/m0/s1. The second kappa shape index (κ2) is 8.19. The van der Waals surface area contributed by atoms with E-state index in [4.69, 9.17) is 9.15 Å². The lowest BCUT2D eigenvalue weighted by Crippen LogP contribution is -2.51. The van der Waals surface area contributed by atoms with Crippen molar-refractivity contribution >= 4 is 16.9 Å². The zero-order valence-electron chi connectivity index (χ0n) is 16.6. The Morgan fingerprint density at radius 2 is 1.83 bits per heavy atom. The Hall–Kier alpha value is -2.96. The third kappa shape index (κ3) is 3.95. The van der Waals surface area contributed by atoms with Gasteiger partial charge >= 0.3 is 0 Å². The molecule has 0 spiro atoms. The summed E-state index contributed by atoms with van der Waals surface area (Å²) < 4.78 is 11.9. The minimum atomic E-state index is -0.297. The van der Waals surface area contributed by atoms with Gasteiger partial charge in [-0.25, -0.2) is 0 Å². The summed E-state index contributed by atoms with van der Waals surface area (Å²) in [5.74, 6) is -0.242. The van der Waals surface area contributed by atoms with Crippen LogP contribution in [0.1, 0.15) is 22.2 Å². The van der Waals surface area contributed by atoms with E-state index in [1.807, 2.05) is 49.3 Å². The lowest BCUT2D eigenvalue weighted by molar-refractivity contribution is -0.0691. The van der Waals surface area contributed by atoms with Crippen molar-refractivity contribution in [2.24, 2.45) is 0 Å². The first-order valence-electron chi connectivity index (χ1n) is 9.70. The fraction of sp³-hybridized carbons (Fsp3) is 0.304. The number of fused-ring (bicyclic) bond motifs is 1. The van der Waals surface area contributed by atoms with Crippen LogP contribution in [-0.4, -0.2) is 55.6 Å². The number of carbonyl (C=O) groups excluding carboxylic acids is 1. The van der Waals surface area contributed by atoms with Crippen molar-refractivity contribution < 1.29 is 13.9 Å². The maximum absolute atomic E-state index is 13.4. The van der Waals surface area contributed by atoms with Crippen LogP contribution in [0.15, 0.2) is 69.9 Å². The van der Waals surface area contributed by atoms with Crippen molar-refractivity contribution in [2.75, 3.05) is 33.8 Å². The normalized spacial score (nSPS) is 19.6. The molecular formula is C23H24N2O4. The Morgan fingerprint density at radius 3 is 2.59 bits per heavy atom. The molecule has 1 aliphatic heterocycles. The third-order valence-corrected chi connectivity index (χ3v) is 5.14. The average Bonchev–Trinajstić information content (AvgIpc) is 2.73. The molecule has 1 aromatic heterocycles. The van der Waals surface area contributed by atoms with Crippen molar-refractivity contribution in [3.8, 4) is 0 Å². The number of ether oxygens (including phenoxy) is 1. The topological polar surface area (TPSA) is 63.0 Å². The molecule has 0 saturated carbocycles. The van der Waals surface area contributed by atoms with Crippen LogP contribution in [0.5, 0.6) is 0 Å². The van der Waals surface area contributed by atoms with E-state index in [0.717, 1.165) is 5.56 Å². The second-order valence-electron chi connectivity index (χ2n) is 7.50. The van der Waals surface area contributed by atoms with Crippen LogP contribution in [0.2, 0.25) is 0 Å². The van der Waals surface area contributed by atoms with Gasteiger partial charge in [0.2, 0.25) is 0 Å². The Morgan fingerprint density at radius 1 is 1.10 bits per heavy atom. The van der Waals surface area contributed by atoms with Gasteiger partial charge in [-0.1, -0.05) is 42.5 Å². The fourth-order valence-corrected chi connectivity index (χ4v) is 3.87. The number of amides is 1. The molecule has 6 nitrogen and oxygen atoms in total. The molecule has 1 amide bonds. The molecule has 6 heteroatoms. The monoisotopic (exact) mass is 392 g/mol. The predicted molar refractivity (Wildman–Crippen MR) is 111 cm³/mol. The second-order valence-corrected chi connectivity index (χ2v) is 7.50. The Balaban J connectivity index is 1.74. The van der Waals surface area contributed by atoms with Crippen molar-refractivity contribution in [2.45, 2.75) is 12.1 Å². The summed E-state index contributed by atoms with van der Waals surface area (Å²) in [5.41, 5.74) is 1.19. The van der Waals surface area contributed by atoms with Crippen LogP contribution in [0, 0.1) is 0 Å². The highest BCUT2D eigenvalue weighted by molar-refractivity contribution is 5.93. The van der Waals surface area contributed by atoms with E-state index in [1.165, 1.54) is 6.07 Å². The maximum Gasteiger partial charge on any atom is 0.290 e. The smallest absolute Gasteiger partial charge is 0.290 e. The van der Waals surface area contributed by atoms with Gasteiger partial charge in [0.05, 0.1) is 24.1 Å². The number of likely N-dealkylation sites (N-methyl/N-ethyl adjacent to an activating group) is 1. The molecule has 0 aliphatic carbocycles. The van der Waals surface area contributed by atoms with E-state index in [0.29, 0.717) is 30.7 Å². The molecule has 1 saturated heterocycles. The molecule has 2 heterocycles. The number of hydrogen-bond acceptors (Lipinski definition) is 5. The molecule has 1 fully saturated rings. The number of morpholine rings is 1.